The van der Waals surface area contributed by atoms with E-state index in [4.69, 9.17) is 0 Å². The minimum atomic E-state index is 0.234. The maximum atomic E-state index is 11.0. The van der Waals surface area contributed by atoms with E-state index in [2.05, 4.69) is 12.2 Å². The van der Waals surface area contributed by atoms with Crippen molar-refractivity contribution in [3.63, 3.8) is 0 Å². The molecule has 2 aliphatic rings. The molecule has 1 N–H and O–H groups in total. The van der Waals surface area contributed by atoms with E-state index in [1.807, 2.05) is 4.90 Å². The van der Waals surface area contributed by atoms with Gasteiger partial charge in [0, 0.05) is 26.1 Å². The molecular formula is C9H16N2O. The number of piperidine rings is 1. The predicted octanol–water partition coefficient (Wildman–Crippen LogP) is 0.0726. The van der Waals surface area contributed by atoms with E-state index in [9.17, 15) is 4.79 Å². The topological polar surface area (TPSA) is 32.3 Å². The second-order valence-corrected chi connectivity index (χ2v) is 3.84. The van der Waals surface area contributed by atoms with Crippen LogP contribution in [0.2, 0.25) is 0 Å². The number of nitrogens with one attached hydrogen (secondary N) is 1. The number of amides is 1. The molecule has 1 unspecified atom stereocenters. The molecule has 1 heterocycles. The van der Waals surface area contributed by atoms with Gasteiger partial charge in [0.15, 0.2) is 0 Å². The monoisotopic (exact) mass is 168 g/mol. The van der Waals surface area contributed by atoms with Crippen LogP contribution in [-0.2, 0) is 4.79 Å². The molecule has 1 aliphatic heterocycles. The van der Waals surface area contributed by atoms with Gasteiger partial charge in [-0.3, -0.25) is 4.79 Å². The molecule has 1 amide bonds. The first-order valence-electron chi connectivity index (χ1n) is 4.73. The Hall–Kier alpha value is -0.570. The van der Waals surface area contributed by atoms with Crippen LogP contribution in [0.3, 0.4) is 0 Å². The first kappa shape index (κ1) is 8.05. The van der Waals surface area contributed by atoms with Crippen molar-refractivity contribution in [3.05, 3.63) is 0 Å². The molecule has 2 rings (SSSR count). The number of carbonyl (C=O) groups is 1. The molecule has 2 fully saturated rings. The lowest BCUT2D eigenvalue weighted by Gasteiger charge is -2.17. The van der Waals surface area contributed by atoms with Crippen molar-refractivity contribution >= 4 is 5.91 Å². The van der Waals surface area contributed by atoms with Crippen LogP contribution in [0, 0.1) is 11.8 Å². The van der Waals surface area contributed by atoms with Gasteiger partial charge in [-0.05, 0) is 18.4 Å². The third-order valence-corrected chi connectivity index (χ3v) is 3.08. The molecule has 0 aromatic rings. The third kappa shape index (κ3) is 1.12. The van der Waals surface area contributed by atoms with Gasteiger partial charge in [0.1, 0.15) is 0 Å². The van der Waals surface area contributed by atoms with Gasteiger partial charge < -0.3 is 10.2 Å². The van der Waals surface area contributed by atoms with E-state index in [0.29, 0.717) is 6.04 Å². The van der Waals surface area contributed by atoms with E-state index < -0.39 is 0 Å². The normalized spacial score (nSPS) is 38.2. The summed E-state index contributed by atoms with van der Waals surface area (Å²) in [7, 11) is 0. The van der Waals surface area contributed by atoms with E-state index >= 15 is 0 Å². The van der Waals surface area contributed by atoms with E-state index in [1.165, 1.54) is 0 Å². The van der Waals surface area contributed by atoms with Crippen molar-refractivity contribution in [1.29, 1.82) is 0 Å². The molecule has 3 nitrogen and oxygen atoms in total. The van der Waals surface area contributed by atoms with Crippen molar-refractivity contribution in [2.45, 2.75) is 19.9 Å². The van der Waals surface area contributed by atoms with Crippen LogP contribution in [0.1, 0.15) is 13.8 Å². The maximum Gasteiger partial charge on any atom is 0.219 e. The Labute approximate surface area is 73.1 Å². The number of rotatable bonds is 2. The number of carbonyl (C=O) groups excluding carboxylic acids is 1. The molecule has 0 radical (unpaired) electrons. The van der Waals surface area contributed by atoms with Gasteiger partial charge in [-0.1, -0.05) is 6.92 Å². The highest BCUT2D eigenvalue weighted by Crippen LogP contribution is 2.45. The number of nitrogens with zero attached hydrogens (tertiary/aromatic N) is 1. The predicted molar refractivity (Wildman–Crippen MR) is 46.7 cm³/mol. The molecule has 1 saturated carbocycles. The molecule has 12 heavy (non-hydrogen) atoms. The fourth-order valence-electron chi connectivity index (χ4n) is 2.32. The highest BCUT2D eigenvalue weighted by molar-refractivity contribution is 5.73. The second-order valence-electron chi connectivity index (χ2n) is 3.84. The fourth-order valence-corrected chi connectivity index (χ4v) is 2.32. The quantitative estimate of drug-likeness (QED) is 0.633. The molecule has 68 valence electrons. The Morgan fingerprint density at radius 2 is 2.08 bits per heavy atom. The van der Waals surface area contributed by atoms with Crippen LogP contribution in [0.25, 0.3) is 0 Å². The highest BCUT2D eigenvalue weighted by atomic mass is 16.2. The fraction of sp³-hybridized carbons (Fsp3) is 0.889. The molecule has 0 aromatic carbocycles. The molecule has 0 aromatic heterocycles. The Balaban J connectivity index is 1.82. The van der Waals surface area contributed by atoms with Crippen LogP contribution in [0.15, 0.2) is 0 Å². The Bertz CT molecular complexity index is 193. The average molecular weight is 168 g/mol. The molecular weight excluding hydrogens is 152 g/mol. The number of likely N-dealkylation sites (tertiary alicyclic amines) is 1. The average Bonchev–Trinajstić information content (AvgIpc) is 2.51. The minimum Gasteiger partial charge on any atom is -0.342 e. The summed E-state index contributed by atoms with van der Waals surface area (Å²) in [6.45, 7) is 6.82. The lowest BCUT2D eigenvalue weighted by molar-refractivity contribution is -0.128. The summed E-state index contributed by atoms with van der Waals surface area (Å²) in [5.41, 5.74) is 0. The highest BCUT2D eigenvalue weighted by Gasteiger charge is 2.55. The van der Waals surface area contributed by atoms with Crippen LogP contribution >= 0.6 is 0 Å². The van der Waals surface area contributed by atoms with Gasteiger partial charge in [0.05, 0.1) is 0 Å². The summed E-state index contributed by atoms with van der Waals surface area (Å²) in [5.74, 6) is 1.75. The number of fused-ring (bicyclic) bond motifs is 1. The second kappa shape index (κ2) is 2.73. The summed E-state index contributed by atoms with van der Waals surface area (Å²) >= 11 is 0. The van der Waals surface area contributed by atoms with Crippen molar-refractivity contribution < 1.29 is 4.79 Å². The SMILES string of the molecule is CCNC1[C@H]2CN(C(C)=O)C[C@@H]12. The summed E-state index contributed by atoms with van der Waals surface area (Å²) in [5, 5.41) is 3.44. The zero-order valence-corrected chi connectivity index (χ0v) is 7.71. The third-order valence-electron chi connectivity index (χ3n) is 3.08. The van der Waals surface area contributed by atoms with Crippen LogP contribution in [-0.4, -0.2) is 36.5 Å². The Morgan fingerprint density at radius 3 is 2.50 bits per heavy atom. The molecule has 1 saturated heterocycles. The van der Waals surface area contributed by atoms with Gasteiger partial charge in [-0.2, -0.15) is 0 Å². The maximum absolute atomic E-state index is 11.0. The van der Waals surface area contributed by atoms with Crippen LogP contribution in [0.5, 0.6) is 0 Å². The molecule has 3 heteroatoms. The molecule has 0 spiro atoms. The van der Waals surface area contributed by atoms with E-state index in [1.54, 1.807) is 6.92 Å². The standard InChI is InChI=1S/C9H16N2O/c1-3-10-9-7-4-11(6(2)12)5-8(7)9/h7-10H,3-5H2,1-2H3/t7-,8+,9?. The van der Waals surface area contributed by atoms with Crippen molar-refractivity contribution in [3.8, 4) is 0 Å². The van der Waals surface area contributed by atoms with Gasteiger partial charge in [-0.15, -0.1) is 0 Å². The zero-order chi connectivity index (χ0) is 8.72. The number of hydrogen-bond donors (Lipinski definition) is 1. The summed E-state index contributed by atoms with van der Waals surface area (Å²) in [6.07, 6.45) is 0. The van der Waals surface area contributed by atoms with E-state index in [0.717, 1.165) is 31.5 Å². The summed E-state index contributed by atoms with van der Waals surface area (Å²) in [4.78, 5) is 12.9. The smallest absolute Gasteiger partial charge is 0.219 e. The van der Waals surface area contributed by atoms with Crippen LogP contribution < -0.4 is 5.32 Å². The minimum absolute atomic E-state index is 0.234. The van der Waals surface area contributed by atoms with Crippen molar-refractivity contribution in [2.24, 2.45) is 11.8 Å². The largest absolute Gasteiger partial charge is 0.342 e. The van der Waals surface area contributed by atoms with Gasteiger partial charge in [-0.25, -0.2) is 0 Å². The van der Waals surface area contributed by atoms with Crippen molar-refractivity contribution in [2.75, 3.05) is 19.6 Å². The molecule has 1 aliphatic carbocycles. The zero-order valence-electron chi connectivity index (χ0n) is 7.71. The first-order chi connectivity index (χ1) is 5.74. The lowest BCUT2D eigenvalue weighted by atomic mass is 10.4. The van der Waals surface area contributed by atoms with Crippen LogP contribution in [0.4, 0.5) is 0 Å². The van der Waals surface area contributed by atoms with Crippen molar-refractivity contribution in [1.82, 2.24) is 10.2 Å². The summed E-state index contributed by atoms with van der Waals surface area (Å²) in [6, 6.07) is 0.714. The Morgan fingerprint density at radius 1 is 1.50 bits per heavy atom. The first-order valence-corrected chi connectivity index (χ1v) is 4.73. The van der Waals surface area contributed by atoms with Gasteiger partial charge in [0.25, 0.3) is 0 Å². The summed E-state index contributed by atoms with van der Waals surface area (Å²) < 4.78 is 0. The number of hydrogen-bond acceptors (Lipinski definition) is 2. The molecule has 3 atom stereocenters. The molecule has 0 bridgehead atoms. The lowest BCUT2D eigenvalue weighted by Crippen LogP contribution is -2.33. The van der Waals surface area contributed by atoms with Gasteiger partial charge >= 0.3 is 0 Å². The van der Waals surface area contributed by atoms with E-state index in [-0.39, 0.29) is 5.91 Å². The Kier molecular flexibility index (Phi) is 1.83. The van der Waals surface area contributed by atoms with Gasteiger partial charge in [0.2, 0.25) is 5.91 Å².